The van der Waals surface area contributed by atoms with E-state index in [9.17, 15) is 9.59 Å². The van der Waals surface area contributed by atoms with Gasteiger partial charge in [0.2, 0.25) is 0 Å². The Morgan fingerprint density at radius 1 is 0.947 bits per heavy atom. The monoisotopic (exact) mass is 247 g/mol. The van der Waals surface area contributed by atoms with E-state index in [4.69, 9.17) is 0 Å². The summed E-state index contributed by atoms with van der Waals surface area (Å²) < 4.78 is 0. The smallest absolute Gasteiger partial charge is 0.187 e. The van der Waals surface area contributed by atoms with E-state index in [1.165, 1.54) is 0 Å². The van der Waals surface area contributed by atoms with Gasteiger partial charge in [0, 0.05) is 27.8 Å². The number of Topliss-reactive ketones (excluding diaryl/α,β-unsaturated/α-hetero) is 1. The minimum Gasteiger partial charge on any atom is -0.361 e. The summed E-state index contributed by atoms with van der Waals surface area (Å²) in [6.07, 6.45) is 8.54. The number of ketones is 2. The fourth-order valence-electron chi connectivity index (χ4n) is 2.66. The standard InChI is InChI=1S/C16H9NO2/c18-14-3-1-2-9-6-12-13(8-11(9)14)16-10(4-5-17-16)7-15(12)19/h1-8,17H. The minimum absolute atomic E-state index is 0.0136. The van der Waals surface area contributed by atoms with E-state index in [1.54, 1.807) is 30.5 Å². The molecule has 2 aliphatic rings. The van der Waals surface area contributed by atoms with Crippen molar-refractivity contribution >= 4 is 23.7 Å². The molecule has 0 atom stereocenters. The highest BCUT2D eigenvalue weighted by atomic mass is 16.1. The van der Waals surface area contributed by atoms with Gasteiger partial charge in [0.25, 0.3) is 0 Å². The zero-order chi connectivity index (χ0) is 13.0. The maximum Gasteiger partial charge on any atom is 0.187 e. The maximum absolute atomic E-state index is 12.1. The molecule has 4 rings (SSSR count). The molecule has 0 unspecified atom stereocenters. The van der Waals surface area contributed by atoms with E-state index in [1.807, 2.05) is 18.2 Å². The van der Waals surface area contributed by atoms with Gasteiger partial charge in [-0.25, -0.2) is 0 Å². The Balaban J connectivity index is 2.31. The average molecular weight is 247 g/mol. The minimum atomic E-state index is -0.0181. The Hall–Kier alpha value is -2.68. The van der Waals surface area contributed by atoms with Gasteiger partial charge in [-0.3, -0.25) is 9.59 Å². The molecule has 1 heterocycles. The van der Waals surface area contributed by atoms with Gasteiger partial charge in [0.1, 0.15) is 0 Å². The Kier molecular flexibility index (Phi) is 1.85. The number of fused-ring (bicyclic) bond motifs is 3. The van der Waals surface area contributed by atoms with Crippen molar-refractivity contribution < 1.29 is 9.59 Å². The van der Waals surface area contributed by atoms with Crippen molar-refractivity contribution in [2.45, 2.75) is 0 Å². The second-order valence-electron chi connectivity index (χ2n) is 4.69. The van der Waals surface area contributed by atoms with E-state index in [0.29, 0.717) is 11.1 Å². The van der Waals surface area contributed by atoms with E-state index < -0.39 is 0 Å². The first-order valence-corrected chi connectivity index (χ1v) is 6.04. The van der Waals surface area contributed by atoms with Crippen molar-refractivity contribution in [3.8, 4) is 0 Å². The number of carbonyl (C=O) groups is 2. The highest BCUT2D eigenvalue weighted by Gasteiger charge is 2.15. The number of aromatic amines is 1. The van der Waals surface area contributed by atoms with Crippen molar-refractivity contribution in [3.05, 3.63) is 68.7 Å². The molecule has 0 saturated heterocycles. The molecule has 1 aromatic heterocycles. The van der Waals surface area contributed by atoms with Crippen molar-refractivity contribution in [2.75, 3.05) is 0 Å². The third-order valence-electron chi connectivity index (χ3n) is 3.58. The maximum atomic E-state index is 12.1. The molecule has 0 fully saturated rings. The number of hydrogen-bond acceptors (Lipinski definition) is 2. The first-order valence-electron chi connectivity index (χ1n) is 6.04. The van der Waals surface area contributed by atoms with Gasteiger partial charge >= 0.3 is 0 Å². The summed E-state index contributed by atoms with van der Waals surface area (Å²) in [6, 6.07) is 5.48. The molecule has 19 heavy (non-hydrogen) atoms. The molecule has 3 heteroatoms. The van der Waals surface area contributed by atoms with Crippen molar-refractivity contribution in [1.29, 1.82) is 0 Å². The van der Waals surface area contributed by atoms with E-state index in [-0.39, 0.29) is 11.6 Å². The number of benzene rings is 1. The highest BCUT2D eigenvalue weighted by Crippen LogP contribution is 2.11. The molecule has 0 aliphatic heterocycles. The molecule has 2 aliphatic carbocycles. The van der Waals surface area contributed by atoms with Crippen LogP contribution in [0.5, 0.6) is 0 Å². The summed E-state index contributed by atoms with van der Waals surface area (Å²) in [7, 11) is 0. The molecule has 90 valence electrons. The fourth-order valence-corrected chi connectivity index (χ4v) is 2.66. The largest absolute Gasteiger partial charge is 0.361 e. The molecule has 3 nitrogen and oxygen atoms in total. The van der Waals surface area contributed by atoms with Gasteiger partial charge in [-0.05, 0) is 35.6 Å². The molecule has 2 aromatic rings. The van der Waals surface area contributed by atoms with Crippen LogP contribution in [-0.2, 0) is 0 Å². The fraction of sp³-hybridized carbons (Fsp3) is 0. The summed E-state index contributed by atoms with van der Waals surface area (Å²) in [5, 5.41) is 3.39. The predicted octanol–water partition coefficient (Wildman–Crippen LogP) is 0.811. The Morgan fingerprint density at radius 2 is 1.84 bits per heavy atom. The summed E-state index contributed by atoms with van der Waals surface area (Å²) in [5.74, 6) is -0.0317. The lowest BCUT2D eigenvalue weighted by atomic mass is 9.95. The van der Waals surface area contributed by atoms with E-state index in [2.05, 4.69) is 4.98 Å². The zero-order valence-corrected chi connectivity index (χ0v) is 9.94. The average Bonchev–Trinajstić information content (AvgIpc) is 2.86. The number of hydrogen-bond donors (Lipinski definition) is 1. The first-order chi connectivity index (χ1) is 9.24. The SMILES string of the molecule is O=C1C=CC=c2cc3c(cc21)=c1[nH]ccc1=CC3=O. The van der Waals surface area contributed by atoms with Crippen molar-refractivity contribution in [2.24, 2.45) is 0 Å². The normalized spacial score (nSPS) is 15.2. The summed E-state index contributed by atoms with van der Waals surface area (Å²) in [6.45, 7) is 0. The Bertz CT molecular complexity index is 990. The van der Waals surface area contributed by atoms with Gasteiger partial charge < -0.3 is 4.98 Å². The molecule has 0 amide bonds. The van der Waals surface area contributed by atoms with E-state index >= 15 is 0 Å². The summed E-state index contributed by atoms with van der Waals surface area (Å²) in [5.41, 5.74) is 1.30. The third kappa shape index (κ3) is 1.32. The lowest BCUT2D eigenvalue weighted by Crippen LogP contribution is -2.21. The molecule has 0 saturated carbocycles. The summed E-state index contributed by atoms with van der Waals surface area (Å²) >= 11 is 0. The van der Waals surface area contributed by atoms with Crippen LogP contribution in [0.2, 0.25) is 0 Å². The quantitative estimate of drug-likeness (QED) is 0.749. The number of aromatic nitrogens is 1. The van der Waals surface area contributed by atoms with Gasteiger partial charge in [0.05, 0.1) is 5.35 Å². The topological polar surface area (TPSA) is 49.9 Å². The molecule has 1 N–H and O–H groups in total. The molecular formula is C16H9NO2. The molecule has 1 aromatic carbocycles. The van der Waals surface area contributed by atoms with Crippen LogP contribution >= 0.6 is 0 Å². The van der Waals surface area contributed by atoms with Crippen molar-refractivity contribution in [3.63, 3.8) is 0 Å². The lowest BCUT2D eigenvalue weighted by Gasteiger charge is -2.08. The van der Waals surface area contributed by atoms with Crippen LogP contribution in [-0.4, -0.2) is 16.6 Å². The second-order valence-corrected chi connectivity index (χ2v) is 4.69. The first kappa shape index (κ1) is 10.3. The Morgan fingerprint density at radius 3 is 2.74 bits per heavy atom. The van der Waals surface area contributed by atoms with Crippen LogP contribution in [0, 0.1) is 10.6 Å². The van der Waals surface area contributed by atoms with Gasteiger partial charge in [-0.1, -0.05) is 12.2 Å². The number of H-pyrrole nitrogens is 1. The highest BCUT2D eigenvalue weighted by molar-refractivity contribution is 6.18. The van der Waals surface area contributed by atoms with Crippen LogP contribution in [0.25, 0.3) is 12.2 Å². The molecular weight excluding hydrogens is 238 g/mol. The lowest BCUT2D eigenvalue weighted by molar-refractivity contribution is 0.103. The number of allylic oxidation sites excluding steroid dienone is 2. The molecule has 0 bridgehead atoms. The number of rotatable bonds is 0. The van der Waals surface area contributed by atoms with Gasteiger partial charge in [0.15, 0.2) is 11.6 Å². The van der Waals surface area contributed by atoms with E-state index in [0.717, 1.165) is 21.0 Å². The van der Waals surface area contributed by atoms with Crippen LogP contribution in [0.1, 0.15) is 20.7 Å². The van der Waals surface area contributed by atoms with Crippen LogP contribution in [0.4, 0.5) is 0 Å². The van der Waals surface area contributed by atoms with Gasteiger partial charge in [-0.15, -0.1) is 0 Å². The third-order valence-corrected chi connectivity index (χ3v) is 3.58. The zero-order valence-electron chi connectivity index (χ0n) is 9.94. The van der Waals surface area contributed by atoms with Crippen molar-refractivity contribution in [1.82, 2.24) is 4.98 Å². The predicted molar refractivity (Wildman–Crippen MR) is 70.9 cm³/mol. The molecule has 0 radical (unpaired) electrons. The van der Waals surface area contributed by atoms with Gasteiger partial charge in [-0.2, -0.15) is 0 Å². The molecule has 0 spiro atoms. The van der Waals surface area contributed by atoms with Crippen LogP contribution in [0.3, 0.4) is 0 Å². The number of nitrogens with one attached hydrogen (secondary N) is 1. The van der Waals surface area contributed by atoms with Crippen LogP contribution < -0.4 is 10.4 Å². The van der Waals surface area contributed by atoms with Crippen LogP contribution in [0.15, 0.2) is 36.5 Å². The summed E-state index contributed by atoms with van der Waals surface area (Å²) in [4.78, 5) is 27.2. The number of carbonyl (C=O) groups excluding carboxylic acids is 2. The second kappa shape index (κ2) is 3.42. The Labute approximate surface area is 107 Å².